The maximum Gasteiger partial charge on any atom is 0.0813 e. The van der Waals surface area contributed by atoms with Gasteiger partial charge in [-0.3, -0.25) is 0 Å². The van der Waals surface area contributed by atoms with E-state index in [4.69, 9.17) is 0 Å². The van der Waals surface area contributed by atoms with Crippen LogP contribution in [-0.4, -0.2) is 11.0 Å². The van der Waals surface area contributed by atoms with Gasteiger partial charge in [0.25, 0.3) is 0 Å². The Hall–Kier alpha value is -1.09. The number of thiazole rings is 1. The summed E-state index contributed by atoms with van der Waals surface area (Å²) in [5.74, 6) is 0.781. The molecule has 2 rings (SSSR count). The zero-order valence-electron chi connectivity index (χ0n) is 10.7. The van der Waals surface area contributed by atoms with Crippen molar-refractivity contribution in [3.8, 4) is 0 Å². The molecule has 0 aliphatic heterocycles. The van der Waals surface area contributed by atoms with Crippen molar-refractivity contribution in [2.45, 2.75) is 39.7 Å². The minimum Gasteiger partial charge on any atom is -0.383 e. The standard InChI is InChI=1S/C14H20N2S/c1-10(2)4-5-11(3)16-12-6-7-13-14(8-12)17-9-15-13/h6-11,16H,4-5H2,1-3H3. The predicted octanol–water partition coefficient (Wildman–Crippen LogP) is 4.53. The average Bonchev–Trinajstić information content (AvgIpc) is 2.73. The minimum absolute atomic E-state index is 0.530. The molecule has 0 amide bonds. The fourth-order valence-corrected chi connectivity index (χ4v) is 2.60. The lowest BCUT2D eigenvalue weighted by Gasteiger charge is -2.16. The van der Waals surface area contributed by atoms with E-state index in [1.165, 1.54) is 23.2 Å². The normalized spacial score (nSPS) is 13.2. The molecule has 1 aromatic heterocycles. The third-order valence-corrected chi connectivity index (χ3v) is 3.71. The SMILES string of the molecule is CC(C)CCC(C)Nc1ccc2ncsc2c1. The molecule has 0 aliphatic carbocycles. The second-order valence-electron chi connectivity index (χ2n) is 5.05. The third-order valence-electron chi connectivity index (χ3n) is 2.92. The molecule has 0 radical (unpaired) electrons. The van der Waals surface area contributed by atoms with E-state index in [2.05, 4.69) is 49.3 Å². The lowest BCUT2D eigenvalue weighted by atomic mass is 10.0. The summed E-state index contributed by atoms with van der Waals surface area (Å²) in [5.41, 5.74) is 4.20. The maximum absolute atomic E-state index is 4.29. The average molecular weight is 248 g/mol. The topological polar surface area (TPSA) is 24.9 Å². The van der Waals surface area contributed by atoms with Gasteiger partial charge in [-0.2, -0.15) is 0 Å². The van der Waals surface area contributed by atoms with Crippen molar-refractivity contribution < 1.29 is 0 Å². The Kier molecular flexibility index (Phi) is 4.00. The highest BCUT2D eigenvalue weighted by Crippen LogP contribution is 2.22. The zero-order chi connectivity index (χ0) is 12.3. The number of nitrogens with zero attached hydrogens (tertiary/aromatic N) is 1. The number of hydrogen-bond donors (Lipinski definition) is 1. The summed E-state index contributed by atoms with van der Waals surface area (Å²) in [5, 5.41) is 3.56. The fourth-order valence-electron chi connectivity index (χ4n) is 1.88. The van der Waals surface area contributed by atoms with Gasteiger partial charge in [0.2, 0.25) is 0 Å². The number of hydrogen-bond acceptors (Lipinski definition) is 3. The third kappa shape index (κ3) is 3.43. The Morgan fingerprint density at radius 1 is 1.24 bits per heavy atom. The van der Waals surface area contributed by atoms with Gasteiger partial charge < -0.3 is 5.32 Å². The van der Waals surface area contributed by atoms with Crippen molar-refractivity contribution in [1.29, 1.82) is 0 Å². The second kappa shape index (κ2) is 5.50. The number of anilines is 1. The van der Waals surface area contributed by atoms with E-state index >= 15 is 0 Å². The monoisotopic (exact) mass is 248 g/mol. The summed E-state index contributed by atoms with van der Waals surface area (Å²) in [6, 6.07) is 6.93. The molecule has 0 saturated heterocycles. The zero-order valence-corrected chi connectivity index (χ0v) is 11.6. The first-order valence-electron chi connectivity index (χ1n) is 6.25. The first-order valence-corrected chi connectivity index (χ1v) is 7.13. The van der Waals surface area contributed by atoms with Gasteiger partial charge in [0.1, 0.15) is 0 Å². The lowest BCUT2D eigenvalue weighted by Crippen LogP contribution is -2.15. The molecule has 1 atom stereocenters. The molecule has 0 spiro atoms. The summed E-state index contributed by atoms with van der Waals surface area (Å²) >= 11 is 1.70. The van der Waals surface area contributed by atoms with Crippen LogP contribution in [0, 0.1) is 5.92 Å². The van der Waals surface area contributed by atoms with Gasteiger partial charge in [-0.05, 0) is 43.9 Å². The van der Waals surface area contributed by atoms with Crippen molar-refractivity contribution >= 4 is 27.2 Å². The number of nitrogens with one attached hydrogen (secondary N) is 1. The highest BCUT2D eigenvalue weighted by atomic mass is 32.1. The van der Waals surface area contributed by atoms with Crippen LogP contribution in [0.1, 0.15) is 33.6 Å². The van der Waals surface area contributed by atoms with Crippen molar-refractivity contribution in [3.63, 3.8) is 0 Å². The number of benzene rings is 1. The molecule has 0 saturated carbocycles. The summed E-state index contributed by atoms with van der Waals surface area (Å²) in [7, 11) is 0. The molecular weight excluding hydrogens is 228 g/mol. The predicted molar refractivity (Wildman–Crippen MR) is 76.8 cm³/mol. The molecule has 0 fully saturated rings. The summed E-state index contributed by atoms with van der Waals surface area (Å²) in [6.45, 7) is 6.80. The summed E-state index contributed by atoms with van der Waals surface area (Å²) < 4.78 is 1.26. The van der Waals surface area contributed by atoms with Crippen LogP contribution in [0.2, 0.25) is 0 Å². The lowest BCUT2D eigenvalue weighted by molar-refractivity contribution is 0.528. The molecule has 2 nitrogen and oxygen atoms in total. The molecule has 3 heteroatoms. The second-order valence-corrected chi connectivity index (χ2v) is 5.94. The van der Waals surface area contributed by atoms with E-state index in [0.717, 1.165) is 11.4 Å². The van der Waals surface area contributed by atoms with Gasteiger partial charge >= 0.3 is 0 Å². The van der Waals surface area contributed by atoms with Crippen LogP contribution >= 0.6 is 11.3 Å². The molecule has 17 heavy (non-hydrogen) atoms. The van der Waals surface area contributed by atoms with E-state index in [9.17, 15) is 0 Å². The van der Waals surface area contributed by atoms with Crippen molar-refractivity contribution in [3.05, 3.63) is 23.7 Å². The van der Waals surface area contributed by atoms with Gasteiger partial charge in [0, 0.05) is 11.7 Å². The molecule has 0 aliphatic rings. The van der Waals surface area contributed by atoms with Crippen LogP contribution in [0.25, 0.3) is 10.2 Å². The first kappa shape index (κ1) is 12.4. The van der Waals surface area contributed by atoms with Crippen molar-refractivity contribution in [2.24, 2.45) is 5.92 Å². The molecule has 1 N–H and O–H groups in total. The number of rotatable bonds is 5. The quantitative estimate of drug-likeness (QED) is 0.840. The molecule has 1 heterocycles. The Bertz CT molecular complexity index is 476. The Morgan fingerprint density at radius 3 is 2.82 bits per heavy atom. The molecule has 0 bridgehead atoms. The molecule has 1 unspecified atom stereocenters. The summed E-state index contributed by atoms with van der Waals surface area (Å²) in [4.78, 5) is 4.29. The van der Waals surface area contributed by atoms with Crippen LogP contribution in [0.4, 0.5) is 5.69 Å². The molecule has 1 aromatic carbocycles. The van der Waals surface area contributed by atoms with Gasteiger partial charge in [-0.25, -0.2) is 4.98 Å². The molecule has 2 aromatic rings. The van der Waals surface area contributed by atoms with Gasteiger partial charge in [0.15, 0.2) is 0 Å². The Morgan fingerprint density at radius 2 is 2.06 bits per heavy atom. The largest absolute Gasteiger partial charge is 0.383 e. The van der Waals surface area contributed by atoms with Crippen LogP contribution in [0.15, 0.2) is 23.7 Å². The van der Waals surface area contributed by atoms with E-state index < -0.39 is 0 Å². The van der Waals surface area contributed by atoms with Gasteiger partial charge in [-0.1, -0.05) is 13.8 Å². The van der Waals surface area contributed by atoms with Crippen molar-refractivity contribution in [1.82, 2.24) is 4.98 Å². The van der Waals surface area contributed by atoms with Gasteiger partial charge in [-0.15, -0.1) is 11.3 Å². The fraction of sp³-hybridized carbons (Fsp3) is 0.500. The molecule has 92 valence electrons. The van der Waals surface area contributed by atoms with Crippen molar-refractivity contribution in [2.75, 3.05) is 5.32 Å². The summed E-state index contributed by atoms with van der Waals surface area (Å²) in [6.07, 6.45) is 2.50. The van der Waals surface area contributed by atoms with Crippen LogP contribution in [0.5, 0.6) is 0 Å². The van der Waals surface area contributed by atoms with Gasteiger partial charge in [0.05, 0.1) is 15.7 Å². The van der Waals surface area contributed by atoms with E-state index in [-0.39, 0.29) is 0 Å². The molecular formula is C14H20N2S. The number of fused-ring (bicyclic) bond motifs is 1. The Balaban J connectivity index is 1.97. The highest BCUT2D eigenvalue weighted by Gasteiger charge is 2.05. The van der Waals surface area contributed by atoms with E-state index in [0.29, 0.717) is 6.04 Å². The Labute approximate surface area is 107 Å². The highest BCUT2D eigenvalue weighted by molar-refractivity contribution is 7.16. The van der Waals surface area contributed by atoms with Crippen LogP contribution < -0.4 is 5.32 Å². The van der Waals surface area contributed by atoms with Crippen LogP contribution in [0.3, 0.4) is 0 Å². The number of aromatic nitrogens is 1. The van der Waals surface area contributed by atoms with Crippen LogP contribution in [-0.2, 0) is 0 Å². The van der Waals surface area contributed by atoms with E-state index in [1.807, 2.05) is 5.51 Å². The smallest absolute Gasteiger partial charge is 0.0813 e. The first-order chi connectivity index (χ1) is 8.15. The maximum atomic E-state index is 4.29. The minimum atomic E-state index is 0.530. The van der Waals surface area contributed by atoms with E-state index in [1.54, 1.807) is 11.3 Å².